The minimum atomic E-state index is -2.59. The molecule has 2 saturated heterocycles. The highest BCUT2D eigenvalue weighted by atomic mass is 16.8. The molecule has 17 heteroatoms. The first-order valence-corrected chi connectivity index (χ1v) is 17.1. The Labute approximate surface area is 319 Å². The van der Waals surface area contributed by atoms with Crippen molar-refractivity contribution in [3.05, 3.63) is 108 Å². The molecule has 2 aliphatic heterocycles. The summed E-state index contributed by atoms with van der Waals surface area (Å²) >= 11 is 0. The van der Waals surface area contributed by atoms with E-state index in [1.165, 1.54) is 91.0 Å². The number of hydrogen-bond acceptors (Lipinski definition) is 17. The molecular formula is C39H40O17. The molecule has 9 atom stereocenters. The second kappa shape index (κ2) is 18.8. The molecule has 17 nitrogen and oxygen atoms in total. The maximum atomic E-state index is 13.2. The molecular weight excluding hydrogens is 740 g/mol. The number of benzene rings is 3. The maximum Gasteiger partial charge on any atom is 0.331 e. The van der Waals surface area contributed by atoms with Gasteiger partial charge in [-0.05, 0) is 71.3 Å². The molecule has 0 spiro atoms. The molecule has 298 valence electrons. The number of aliphatic hydroxyl groups is 5. The smallest absolute Gasteiger partial charge is 0.331 e. The molecule has 0 saturated carbocycles. The number of aliphatic hydroxyl groups excluding tert-OH is 5. The van der Waals surface area contributed by atoms with Crippen molar-refractivity contribution in [3.8, 4) is 17.2 Å². The fourth-order valence-corrected chi connectivity index (χ4v) is 5.59. The van der Waals surface area contributed by atoms with Crippen molar-refractivity contribution in [2.45, 2.75) is 54.8 Å². The highest BCUT2D eigenvalue weighted by Gasteiger charge is 2.62. The molecule has 3 aromatic rings. The van der Waals surface area contributed by atoms with Gasteiger partial charge in [0.2, 0.25) is 5.79 Å². The topological polar surface area (TPSA) is 268 Å². The molecule has 0 aromatic heterocycles. The van der Waals surface area contributed by atoms with Gasteiger partial charge in [0.1, 0.15) is 67.1 Å². The second-order valence-corrected chi connectivity index (χ2v) is 12.6. The van der Waals surface area contributed by atoms with Crippen molar-refractivity contribution >= 4 is 36.1 Å². The predicted octanol–water partition coefficient (Wildman–Crippen LogP) is 0.514. The highest BCUT2D eigenvalue weighted by molar-refractivity contribution is 5.88. The number of ether oxygens (including phenoxy) is 6. The van der Waals surface area contributed by atoms with Crippen LogP contribution in [0.5, 0.6) is 17.2 Å². The predicted molar refractivity (Wildman–Crippen MR) is 192 cm³/mol. The Morgan fingerprint density at radius 3 is 1.55 bits per heavy atom. The van der Waals surface area contributed by atoms with Gasteiger partial charge in [-0.15, -0.1) is 0 Å². The van der Waals surface area contributed by atoms with Crippen LogP contribution in [-0.2, 0) is 42.8 Å². The number of carbonyl (C=O) groups excluding carboxylic acids is 3. The Morgan fingerprint density at radius 1 is 0.607 bits per heavy atom. The SMILES string of the molecule is O=C(/C=C/c1ccc(O)cc1)OC[C@H]1O[C@@](COC(=O)/C=C/c2ccc(O)cc2)(O[C@H]2O[C@H](CO)[C@H](O)[C@H](O)[C@H]2O)[C@@H](OC(=O)/C=C/c2ccc(O)cc2)[C@@H]1O. The largest absolute Gasteiger partial charge is 0.508 e. The Balaban J connectivity index is 1.44. The summed E-state index contributed by atoms with van der Waals surface area (Å²) in [5.74, 6) is -5.63. The number of esters is 3. The van der Waals surface area contributed by atoms with Crippen LogP contribution in [0.4, 0.5) is 0 Å². The monoisotopic (exact) mass is 780 g/mol. The van der Waals surface area contributed by atoms with Gasteiger partial charge < -0.3 is 69.3 Å². The van der Waals surface area contributed by atoms with E-state index >= 15 is 0 Å². The van der Waals surface area contributed by atoms with Gasteiger partial charge in [0, 0.05) is 18.2 Å². The van der Waals surface area contributed by atoms with Gasteiger partial charge in [-0.2, -0.15) is 0 Å². The first kappa shape index (κ1) is 41.5. The van der Waals surface area contributed by atoms with E-state index in [1.54, 1.807) is 0 Å². The molecule has 2 heterocycles. The third-order valence-corrected chi connectivity index (χ3v) is 8.60. The molecule has 0 aliphatic carbocycles. The van der Waals surface area contributed by atoms with Crippen LogP contribution in [0.2, 0.25) is 0 Å². The maximum absolute atomic E-state index is 13.2. The van der Waals surface area contributed by atoms with Gasteiger partial charge in [-0.3, -0.25) is 0 Å². The lowest BCUT2D eigenvalue weighted by Gasteiger charge is -2.43. The minimum Gasteiger partial charge on any atom is -0.508 e. The Bertz CT molecular complexity index is 1870. The number of phenolic OH excluding ortho intramolecular Hbond substituents is 3. The molecule has 0 radical (unpaired) electrons. The molecule has 3 aromatic carbocycles. The average molecular weight is 781 g/mol. The summed E-state index contributed by atoms with van der Waals surface area (Å²) in [5, 5.41) is 81.6. The minimum absolute atomic E-state index is 0.0108. The van der Waals surface area contributed by atoms with E-state index in [-0.39, 0.29) is 17.2 Å². The quantitative estimate of drug-likeness (QED) is 0.0629. The molecule has 2 aliphatic rings. The average Bonchev–Trinajstić information content (AvgIpc) is 3.44. The van der Waals surface area contributed by atoms with E-state index in [2.05, 4.69) is 0 Å². The summed E-state index contributed by atoms with van der Waals surface area (Å²) in [6.45, 7) is -2.55. The zero-order valence-electron chi connectivity index (χ0n) is 29.4. The van der Waals surface area contributed by atoms with E-state index in [1.807, 2.05) is 0 Å². The van der Waals surface area contributed by atoms with Crippen molar-refractivity contribution in [2.24, 2.45) is 0 Å². The Morgan fingerprint density at radius 2 is 1.07 bits per heavy atom. The zero-order valence-corrected chi connectivity index (χ0v) is 29.4. The third-order valence-electron chi connectivity index (χ3n) is 8.60. The molecule has 8 N–H and O–H groups in total. The number of phenols is 3. The summed E-state index contributed by atoms with van der Waals surface area (Å²) < 4.78 is 33.8. The summed E-state index contributed by atoms with van der Waals surface area (Å²) in [7, 11) is 0. The fourth-order valence-electron chi connectivity index (χ4n) is 5.59. The van der Waals surface area contributed by atoms with E-state index < -0.39 is 92.5 Å². The molecule has 5 rings (SSSR count). The summed E-state index contributed by atoms with van der Waals surface area (Å²) in [5.41, 5.74) is 1.50. The van der Waals surface area contributed by atoms with E-state index in [9.17, 15) is 55.2 Å². The molecule has 0 unspecified atom stereocenters. The van der Waals surface area contributed by atoms with Crippen LogP contribution in [0.1, 0.15) is 16.7 Å². The lowest BCUT2D eigenvalue weighted by atomic mass is 9.99. The number of carbonyl (C=O) groups is 3. The van der Waals surface area contributed by atoms with Crippen LogP contribution in [0.15, 0.2) is 91.0 Å². The van der Waals surface area contributed by atoms with Crippen molar-refractivity contribution in [1.29, 1.82) is 0 Å². The van der Waals surface area contributed by atoms with E-state index in [0.29, 0.717) is 16.7 Å². The third kappa shape index (κ3) is 10.8. The van der Waals surface area contributed by atoms with Crippen LogP contribution in [0.25, 0.3) is 18.2 Å². The summed E-state index contributed by atoms with van der Waals surface area (Å²) in [4.78, 5) is 38.9. The first-order chi connectivity index (χ1) is 26.8. The normalized spacial score (nSPS) is 27.8. The fraction of sp³-hybridized carbons (Fsp3) is 0.308. The van der Waals surface area contributed by atoms with Crippen LogP contribution in [0, 0.1) is 0 Å². The Hall–Kier alpha value is -5.63. The zero-order chi connectivity index (χ0) is 40.4. The standard InChI is InChI=1S/C39H40O17/c40-19-28-33(47)35(49)36(50)38(53-28)56-39(21-52-31(45)17-8-23-3-12-26(42)13-4-23)37(54-32(46)18-9-24-5-14-27(43)15-6-24)34(48)29(55-39)20-51-30(44)16-7-22-1-10-25(41)11-2-22/h1-18,28-29,33-38,40-43,47-50H,19-21H2/b16-7+,17-8+,18-9+/t28-,29-,33+,34-,35+,36-,37+,38-,39+/m1/s1. The Kier molecular flexibility index (Phi) is 13.9. The second-order valence-electron chi connectivity index (χ2n) is 12.6. The van der Waals surface area contributed by atoms with Crippen molar-refractivity contribution in [2.75, 3.05) is 19.8 Å². The van der Waals surface area contributed by atoms with Crippen LogP contribution in [-0.4, -0.2) is 133 Å². The molecule has 0 amide bonds. The van der Waals surface area contributed by atoms with Crippen LogP contribution >= 0.6 is 0 Å². The van der Waals surface area contributed by atoms with Crippen molar-refractivity contribution in [3.63, 3.8) is 0 Å². The summed E-state index contributed by atoms with van der Waals surface area (Å²) in [6.07, 6.45) is -7.60. The van der Waals surface area contributed by atoms with Crippen molar-refractivity contribution < 1.29 is 83.7 Å². The van der Waals surface area contributed by atoms with Gasteiger partial charge in [0.25, 0.3) is 0 Å². The van der Waals surface area contributed by atoms with Gasteiger partial charge in [-0.25, -0.2) is 14.4 Å². The van der Waals surface area contributed by atoms with Crippen LogP contribution < -0.4 is 0 Å². The number of rotatable bonds is 14. The van der Waals surface area contributed by atoms with Gasteiger partial charge in [0.05, 0.1) is 6.61 Å². The molecule has 56 heavy (non-hydrogen) atoms. The van der Waals surface area contributed by atoms with E-state index in [4.69, 9.17) is 28.4 Å². The lowest BCUT2D eigenvalue weighted by Crippen LogP contribution is -2.63. The van der Waals surface area contributed by atoms with Gasteiger partial charge in [0.15, 0.2) is 12.4 Å². The number of hydrogen-bond donors (Lipinski definition) is 8. The van der Waals surface area contributed by atoms with Gasteiger partial charge in [-0.1, -0.05) is 36.4 Å². The highest BCUT2D eigenvalue weighted by Crippen LogP contribution is 2.39. The number of aromatic hydroxyl groups is 3. The first-order valence-electron chi connectivity index (χ1n) is 17.1. The lowest BCUT2D eigenvalue weighted by molar-refractivity contribution is -0.383. The molecule has 2 fully saturated rings. The van der Waals surface area contributed by atoms with E-state index in [0.717, 1.165) is 18.2 Å². The van der Waals surface area contributed by atoms with Crippen LogP contribution in [0.3, 0.4) is 0 Å². The van der Waals surface area contributed by atoms with Gasteiger partial charge >= 0.3 is 17.9 Å². The van der Waals surface area contributed by atoms with Crippen molar-refractivity contribution in [1.82, 2.24) is 0 Å². The summed E-state index contributed by atoms with van der Waals surface area (Å²) in [6, 6.07) is 17.4. The molecule has 0 bridgehead atoms.